The summed E-state index contributed by atoms with van der Waals surface area (Å²) >= 11 is 0. The van der Waals surface area contributed by atoms with Crippen LogP contribution in [0.3, 0.4) is 0 Å². The van der Waals surface area contributed by atoms with Gasteiger partial charge in [-0.2, -0.15) is 0 Å². The Hall–Kier alpha value is -3.12. The lowest BCUT2D eigenvalue weighted by Gasteiger charge is -2.16. The lowest BCUT2D eigenvalue weighted by atomic mass is 10.0. The second-order valence-electron chi connectivity index (χ2n) is 7.78. The number of rotatable bonds is 3. The minimum absolute atomic E-state index is 0.297. The van der Waals surface area contributed by atoms with Crippen LogP contribution in [0.25, 0.3) is 22.3 Å². The zero-order chi connectivity index (χ0) is 19.3. The van der Waals surface area contributed by atoms with Crippen LogP contribution in [-0.4, -0.2) is 29.6 Å². The van der Waals surface area contributed by atoms with E-state index in [-0.39, 0.29) is 0 Å². The molecule has 0 saturated heterocycles. The summed E-state index contributed by atoms with van der Waals surface area (Å²) in [6.45, 7) is 3.34. The minimum atomic E-state index is -1.06. The van der Waals surface area contributed by atoms with E-state index < -0.39 is 5.60 Å². The maximum Gasteiger partial charge on any atom is 0.159 e. The Morgan fingerprint density at radius 1 is 1.04 bits per heavy atom. The van der Waals surface area contributed by atoms with Gasteiger partial charge < -0.3 is 9.67 Å². The van der Waals surface area contributed by atoms with Crippen molar-refractivity contribution in [3.63, 3.8) is 0 Å². The minimum Gasteiger partial charge on any atom is -0.382 e. The number of pyridine rings is 1. The van der Waals surface area contributed by atoms with Crippen LogP contribution in [0.5, 0.6) is 0 Å². The molecule has 0 saturated carbocycles. The Morgan fingerprint density at radius 2 is 1.79 bits per heavy atom. The highest BCUT2D eigenvalue weighted by Gasteiger charge is 2.27. The van der Waals surface area contributed by atoms with E-state index in [9.17, 15) is 5.11 Å². The molecule has 1 aliphatic heterocycles. The number of aliphatic hydroxyl groups is 1. The third-order valence-corrected chi connectivity index (χ3v) is 5.28. The van der Waals surface area contributed by atoms with Gasteiger partial charge in [-0.25, -0.2) is 15.0 Å². The van der Waals surface area contributed by atoms with Crippen LogP contribution in [0.1, 0.15) is 43.5 Å². The second-order valence-corrected chi connectivity index (χ2v) is 7.78. The highest BCUT2D eigenvalue weighted by molar-refractivity contribution is 5.80. The van der Waals surface area contributed by atoms with Crippen molar-refractivity contribution in [3.8, 4) is 11.3 Å². The molecule has 4 heterocycles. The zero-order valence-electron chi connectivity index (χ0n) is 15.9. The number of aryl methyl sites for hydroxylation is 1. The monoisotopic (exact) mass is 371 g/mol. The number of hydrogen-bond acceptors (Lipinski definition) is 5. The van der Waals surface area contributed by atoms with Gasteiger partial charge in [0.15, 0.2) is 5.82 Å². The Bertz CT molecular complexity index is 1140. The molecular formula is C22H21N5O. The summed E-state index contributed by atoms with van der Waals surface area (Å²) in [7, 11) is 0. The molecule has 0 aliphatic carbocycles. The molecule has 1 atom stereocenters. The number of aromatic nitrogens is 5. The molecule has 1 aromatic carbocycles. The molecule has 6 heteroatoms. The molecule has 28 heavy (non-hydrogen) atoms. The number of fused-ring (bicyclic) bond motifs is 3. The van der Waals surface area contributed by atoms with Crippen LogP contribution in [0.4, 0.5) is 0 Å². The van der Waals surface area contributed by atoms with Gasteiger partial charge in [0.2, 0.25) is 0 Å². The topological polar surface area (TPSA) is 76.7 Å². The predicted molar refractivity (Wildman–Crippen MR) is 107 cm³/mol. The fraction of sp³-hybridized carbons (Fsp3) is 0.273. The van der Waals surface area contributed by atoms with Crippen molar-refractivity contribution in [2.24, 2.45) is 0 Å². The highest BCUT2D eigenvalue weighted by atomic mass is 16.3. The summed E-state index contributed by atoms with van der Waals surface area (Å²) in [4.78, 5) is 18.0. The molecule has 0 fully saturated rings. The van der Waals surface area contributed by atoms with Crippen LogP contribution < -0.4 is 0 Å². The zero-order valence-corrected chi connectivity index (χ0v) is 15.9. The Kier molecular flexibility index (Phi) is 3.77. The van der Waals surface area contributed by atoms with Crippen molar-refractivity contribution in [2.45, 2.75) is 38.3 Å². The summed E-state index contributed by atoms with van der Waals surface area (Å²) in [5.41, 5.74) is 3.85. The molecule has 0 radical (unpaired) electrons. The third kappa shape index (κ3) is 2.77. The molecule has 3 aromatic heterocycles. The first-order chi connectivity index (χ1) is 13.5. The molecule has 140 valence electrons. The molecule has 0 spiro atoms. The largest absolute Gasteiger partial charge is 0.382 e. The van der Waals surface area contributed by atoms with Gasteiger partial charge in [-0.05, 0) is 31.9 Å². The van der Waals surface area contributed by atoms with Crippen molar-refractivity contribution in [1.82, 2.24) is 24.5 Å². The first-order valence-electron chi connectivity index (χ1n) is 9.48. The first kappa shape index (κ1) is 17.0. The Balaban J connectivity index is 1.59. The van der Waals surface area contributed by atoms with Crippen molar-refractivity contribution in [2.75, 3.05) is 0 Å². The molecule has 0 bridgehead atoms. The third-order valence-electron chi connectivity index (χ3n) is 5.28. The maximum atomic E-state index is 10.1. The second kappa shape index (κ2) is 6.21. The van der Waals surface area contributed by atoms with E-state index >= 15 is 0 Å². The quantitative estimate of drug-likeness (QED) is 0.595. The van der Waals surface area contributed by atoms with Gasteiger partial charge in [0.05, 0.1) is 23.4 Å². The average Bonchev–Trinajstić information content (AvgIpc) is 3.27. The molecule has 1 unspecified atom stereocenters. The summed E-state index contributed by atoms with van der Waals surface area (Å²) in [6.07, 6.45) is 7.27. The van der Waals surface area contributed by atoms with Gasteiger partial charge in [-0.15, -0.1) is 0 Å². The number of imidazole rings is 1. The molecule has 0 amide bonds. The predicted octanol–water partition coefficient (Wildman–Crippen LogP) is 3.65. The van der Waals surface area contributed by atoms with E-state index in [0.717, 1.165) is 41.0 Å². The van der Waals surface area contributed by atoms with Gasteiger partial charge >= 0.3 is 0 Å². The standard InChI is InChI=1S/C22H21N5O/c1-22(2,28)21-24-11-15(12-25-21)16-10-19-17(13-23-16)26-20-9-8-18(27(19)20)14-6-4-3-5-7-14/h3-7,10-13,18,28H,8-9H2,1-2H3. The summed E-state index contributed by atoms with van der Waals surface area (Å²) in [6, 6.07) is 12.9. The van der Waals surface area contributed by atoms with Crippen molar-refractivity contribution in [1.29, 1.82) is 0 Å². The van der Waals surface area contributed by atoms with Crippen LogP contribution in [0, 0.1) is 0 Å². The number of hydrogen-bond donors (Lipinski definition) is 1. The lowest BCUT2D eigenvalue weighted by molar-refractivity contribution is 0.0687. The fourth-order valence-corrected chi connectivity index (χ4v) is 3.89. The molecule has 4 aromatic rings. The van der Waals surface area contributed by atoms with Gasteiger partial charge in [-0.3, -0.25) is 4.98 Å². The van der Waals surface area contributed by atoms with E-state index in [1.54, 1.807) is 26.2 Å². The number of benzene rings is 1. The van der Waals surface area contributed by atoms with Gasteiger partial charge in [0.25, 0.3) is 0 Å². The van der Waals surface area contributed by atoms with Gasteiger partial charge in [-0.1, -0.05) is 30.3 Å². The maximum absolute atomic E-state index is 10.1. The van der Waals surface area contributed by atoms with Crippen LogP contribution >= 0.6 is 0 Å². The van der Waals surface area contributed by atoms with E-state index in [0.29, 0.717) is 11.9 Å². The van der Waals surface area contributed by atoms with Gasteiger partial charge in [0, 0.05) is 24.4 Å². The Labute approximate surface area is 163 Å². The van der Waals surface area contributed by atoms with Crippen molar-refractivity contribution >= 4 is 11.0 Å². The molecule has 1 aliphatic rings. The molecule has 5 rings (SSSR count). The molecular weight excluding hydrogens is 350 g/mol. The van der Waals surface area contributed by atoms with E-state index in [2.05, 4.69) is 49.9 Å². The summed E-state index contributed by atoms with van der Waals surface area (Å²) in [5.74, 6) is 1.50. The van der Waals surface area contributed by atoms with E-state index in [1.807, 2.05) is 12.3 Å². The summed E-state index contributed by atoms with van der Waals surface area (Å²) < 4.78 is 2.34. The molecule has 6 nitrogen and oxygen atoms in total. The van der Waals surface area contributed by atoms with Crippen molar-refractivity contribution in [3.05, 3.63) is 72.2 Å². The smallest absolute Gasteiger partial charge is 0.159 e. The summed E-state index contributed by atoms with van der Waals surface area (Å²) in [5, 5.41) is 10.1. The number of nitrogens with zero attached hydrogens (tertiary/aromatic N) is 5. The fourth-order valence-electron chi connectivity index (χ4n) is 3.89. The first-order valence-corrected chi connectivity index (χ1v) is 9.48. The molecule has 1 N–H and O–H groups in total. The van der Waals surface area contributed by atoms with Crippen LogP contribution in [-0.2, 0) is 12.0 Å². The van der Waals surface area contributed by atoms with Crippen molar-refractivity contribution < 1.29 is 5.11 Å². The van der Waals surface area contributed by atoms with E-state index in [4.69, 9.17) is 4.98 Å². The normalized spacial score (nSPS) is 16.5. The lowest BCUT2D eigenvalue weighted by Crippen LogP contribution is -2.19. The van der Waals surface area contributed by atoms with Crippen LogP contribution in [0.15, 0.2) is 55.0 Å². The Morgan fingerprint density at radius 3 is 2.50 bits per heavy atom. The van der Waals surface area contributed by atoms with E-state index in [1.165, 1.54) is 5.56 Å². The highest BCUT2D eigenvalue weighted by Crippen LogP contribution is 2.36. The van der Waals surface area contributed by atoms with Gasteiger partial charge in [0.1, 0.15) is 16.9 Å². The SMILES string of the molecule is CC(C)(O)c1ncc(-c2cc3c(cn2)nc2n3C(c3ccccc3)CC2)cn1. The van der Waals surface area contributed by atoms with Crippen LogP contribution in [0.2, 0.25) is 0 Å². The average molecular weight is 371 g/mol.